The lowest BCUT2D eigenvalue weighted by atomic mass is 10.0. The Morgan fingerprint density at radius 1 is 1.25 bits per heavy atom. The number of nitrogens with zero attached hydrogens (tertiary/aromatic N) is 1. The van der Waals surface area contributed by atoms with Gasteiger partial charge >= 0.3 is 0 Å². The van der Waals surface area contributed by atoms with Gasteiger partial charge in [0.15, 0.2) is 0 Å². The first-order valence-corrected chi connectivity index (χ1v) is 7.86. The first kappa shape index (κ1) is 15.3. The van der Waals surface area contributed by atoms with E-state index in [0.29, 0.717) is 12.1 Å². The maximum absolute atomic E-state index is 5.49. The lowest BCUT2D eigenvalue weighted by Crippen LogP contribution is -2.32. The van der Waals surface area contributed by atoms with Crippen molar-refractivity contribution in [3.8, 4) is 5.75 Å². The molecule has 2 atom stereocenters. The highest BCUT2D eigenvalue weighted by Gasteiger charge is 2.17. The van der Waals surface area contributed by atoms with E-state index in [-0.39, 0.29) is 0 Å². The van der Waals surface area contributed by atoms with Crippen LogP contribution in [0.2, 0.25) is 0 Å². The average Bonchev–Trinajstić information content (AvgIpc) is 2.65. The minimum absolute atomic E-state index is 0.402. The quantitative estimate of drug-likeness (QED) is 0.893. The summed E-state index contributed by atoms with van der Waals surface area (Å²) in [6.07, 6.45) is 3.83. The van der Waals surface area contributed by atoms with Crippen LogP contribution in [-0.4, -0.2) is 37.7 Å². The van der Waals surface area contributed by atoms with Crippen molar-refractivity contribution in [2.75, 3.05) is 26.7 Å². The van der Waals surface area contributed by atoms with E-state index >= 15 is 0 Å². The fourth-order valence-electron chi connectivity index (χ4n) is 2.88. The van der Waals surface area contributed by atoms with Crippen molar-refractivity contribution < 1.29 is 4.74 Å². The van der Waals surface area contributed by atoms with Gasteiger partial charge in [0.05, 0.1) is 6.61 Å². The smallest absolute Gasteiger partial charge is 0.119 e. The molecule has 112 valence electrons. The Kier molecular flexibility index (Phi) is 5.86. The van der Waals surface area contributed by atoms with Gasteiger partial charge in [0, 0.05) is 12.1 Å². The van der Waals surface area contributed by atoms with Crippen molar-refractivity contribution in [1.29, 1.82) is 0 Å². The van der Waals surface area contributed by atoms with Crippen LogP contribution in [0.4, 0.5) is 0 Å². The van der Waals surface area contributed by atoms with Crippen LogP contribution in [0.1, 0.15) is 44.7 Å². The van der Waals surface area contributed by atoms with Crippen LogP contribution in [-0.2, 0) is 0 Å². The summed E-state index contributed by atoms with van der Waals surface area (Å²) in [6, 6.07) is 9.52. The van der Waals surface area contributed by atoms with E-state index in [0.717, 1.165) is 12.4 Å². The number of hydrogen-bond acceptors (Lipinski definition) is 3. The minimum Gasteiger partial charge on any atom is -0.494 e. The van der Waals surface area contributed by atoms with Gasteiger partial charge in [0.1, 0.15) is 5.75 Å². The van der Waals surface area contributed by atoms with Gasteiger partial charge in [-0.1, -0.05) is 12.1 Å². The maximum Gasteiger partial charge on any atom is 0.119 e. The van der Waals surface area contributed by atoms with Gasteiger partial charge in [-0.3, -0.25) is 0 Å². The SMILES string of the molecule is CCOc1ccc(C(C)NC2CCCN(C)CC2)cc1. The highest BCUT2D eigenvalue weighted by atomic mass is 16.5. The molecule has 0 aromatic heterocycles. The summed E-state index contributed by atoms with van der Waals surface area (Å²) in [4.78, 5) is 2.43. The monoisotopic (exact) mass is 276 g/mol. The van der Waals surface area contributed by atoms with Crippen molar-refractivity contribution in [1.82, 2.24) is 10.2 Å². The zero-order valence-corrected chi connectivity index (χ0v) is 13.1. The first-order chi connectivity index (χ1) is 9.69. The van der Waals surface area contributed by atoms with Gasteiger partial charge in [-0.05, 0) is 70.9 Å². The van der Waals surface area contributed by atoms with Crippen LogP contribution in [0.3, 0.4) is 0 Å². The van der Waals surface area contributed by atoms with Crippen molar-refractivity contribution >= 4 is 0 Å². The molecule has 0 spiro atoms. The third-order valence-corrected chi connectivity index (χ3v) is 4.13. The second kappa shape index (κ2) is 7.65. The molecule has 1 heterocycles. The normalized spacial score (nSPS) is 22.2. The summed E-state index contributed by atoms with van der Waals surface area (Å²) < 4.78 is 5.49. The predicted molar refractivity (Wildman–Crippen MR) is 84.3 cm³/mol. The summed E-state index contributed by atoms with van der Waals surface area (Å²) in [5, 5.41) is 3.78. The van der Waals surface area contributed by atoms with Crippen LogP contribution in [0.15, 0.2) is 24.3 Å². The molecular formula is C17H28N2O. The fraction of sp³-hybridized carbons (Fsp3) is 0.647. The lowest BCUT2D eigenvalue weighted by molar-refractivity contribution is 0.338. The molecule has 0 radical (unpaired) electrons. The van der Waals surface area contributed by atoms with Crippen LogP contribution >= 0.6 is 0 Å². The maximum atomic E-state index is 5.49. The van der Waals surface area contributed by atoms with Gasteiger partial charge in [-0.2, -0.15) is 0 Å². The number of ether oxygens (including phenoxy) is 1. The van der Waals surface area contributed by atoms with Crippen LogP contribution in [0.25, 0.3) is 0 Å². The Bertz CT molecular complexity index is 390. The number of hydrogen-bond donors (Lipinski definition) is 1. The number of rotatable bonds is 5. The van der Waals surface area contributed by atoms with Crippen molar-refractivity contribution in [3.63, 3.8) is 0 Å². The van der Waals surface area contributed by atoms with E-state index in [9.17, 15) is 0 Å². The molecule has 1 aromatic rings. The Balaban J connectivity index is 1.88. The molecule has 0 bridgehead atoms. The van der Waals surface area contributed by atoms with Crippen LogP contribution in [0, 0.1) is 0 Å². The van der Waals surface area contributed by atoms with E-state index in [1.807, 2.05) is 6.92 Å². The second-order valence-corrected chi connectivity index (χ2v) is 5.82. The summed E-state index contributed by atoms with van der Waals surface area (Å²) in [5.41, 5.74) is 1.34. The first-order valence-electron chi connectivity index (χ1n) is 7.86. The zero-order valence-electron chi connectivity index (χ0n) is 13.1. The molecule has 2 unspecified atom stereocenters. The van der Waals surface area contributed by atoms with Gasteiger partial charge in [0.2, 0.25) is 0 Å². The Morgan fingerprint density at radius 2 is 2.00 bits per heavy atom. The van der Waals surface area contributed by atoms with Crippen LogP contribution in [0.5, 0.6) is 5.75 Å². The van der Waals surface area contributed by atoms with Crippen LogP contribution < -0.4 is 10.1 Å². The second-order valence-electron chi connectivity index (χ2n) is 5.82. The zero-order chi connectivity index (χ0) is 14.4. The molecule has 3 heteroatoms. The predicted octanol–water partition coefficient (Wildman–Crippen LogP) is 3.22. The Labute approximate surface area is 123 Å². The summed E-state index contributed by atoms with van der Waals surface area (Å²) in [6.45, 7) is 7.43. The summed E-state index contributed by atoms with van der Waals surface area (Å²) in [5.74, 6) is 0.958. The minimum atomic E-state index is 0.402. The lowest BCUT2D eigenvalue weighted by Gasteiger charge is -2.22. The highest BCUT2D eigenvalue weighted by molar-refractivity contribution is 5.29. The van der Waals surface area contributed by atoms with Crippen molar-refractivity contribution in [3.05, 3.63) is 29.8 Å². The van der Waals surface area contributed by atoms with Gasteiger partial charge in [-0.15, -0.1) is 0 Å². The summed E-state index contributed by atoms with van der Waals surface area (Å²) in [7, 11) is 2.22. The number of likely N-dealkylation sites (tertiary alicyclic amines) is 1. The molecule has 0 aliphatic carbocycles. The van der Waals surface area contributed by atoms with E-state index in [1.165, 1.54) is 37.9 Å². The van der Waals surface area contributed by atoms with E-state index < -0.39 is 0 Å². The Morgan fingerprint density at radius 3 is 2.70 bits per heavy atom. The molecule has 1 aliphatic rings. The molecule has 1 N–H and O–H groups in total. The largest absolute Gasteiger partial charge is 0.494 e. The molecule has 0 saturated carbocycles. The van der Waals surface area contributed by atoms with Crippen molar-refractivity contribution in [2.24, 2.45) is 0 Å². The third-order valence-electron chi connectivity index (χ3n) is 4.13. The van der Waals surface area contributed by atoms with Gasteiger partial charge in [-0.25, -0.2) is 0 Å². The molecule has 20 heavy (non-hydrogen) atoms. The molecule has 0 amide bonds. The van der Waals surface area contributed by atoms with E-state index in [4.69, 9.17) is 4.74 Å². The molecular weight excluding hydrogens is 248 g/mol. The molecule has 1 fully saturated rings. The third kappa shape index (κ3) is 4.50. The van der Waals surface area contributed by atoms with E-state index in [2.05, 4.69) is 48.5 Å². The highest BCUT2D eigenvalue weighted by Crippen LogP contribution is 2.20. The molecule has 1 saturated heterocycles. The molecule has 1 aromatic carbocycles. The Hall–Kier alpha value is -1.06. The molecule has 1 aliphatic heterocycles. The average molecular weight is 276 g/mol. The van der Waals surface area contributed by atoms with Crippen molar-refractivity contribution in [2.45, 2.75) is 45.2 Å². The van der Waals surface area contributed by atoms with E-state index in [1.54, 1.807) is 0 Å². The van der Waals surface area contributed by atoms with Gasteiger partial charge < -0.3 is 15.0 Å². The number of nitrogens with one attached hydrogen (secondary N) is 1. The topological polar surface area (TPSA) is 24.5 Å². The fourth-order valence-corrected chi connectivity index (χ4v) is 2.88. The number of benzene rings is 1. The standard InChI is InChI=1S/C17H28N2O/c1-4-20-17-9-7-15(8-10-17)14(2)18-16-6-5-12-19(3)13-11-16/h7-10,14,16,18H,4-6,11-13H2,1-3H3. The summed E-state index contributed by atoms with van der Waals surface area (Å²) >= 11 is 0. The molecule has 3 nitrogen and oxygen atoms in total. The van der Waals surface area contributed by atoms with Gasteiger partial charge in [0.25, 0.3) is 0 Å². The molecule has 2 rings (SSSR count).